The van der Waals surface area contributed by atoms with Crippen LogP contribution in [0.5, 0.6) is 11.5 Å². The number of rotatable bonds is 6. The van der Waals surface area contributed by atoms with E-state index in [4.69, 9.17) is 9.72 Å². The monoisotopic (exact) mass is 1040 g/mol. The van der Waals surface area contributed by atoms with E-state index in [0.717, 1.165) is 56.6 Å². The minimum Gasteiger partial charge on any atom is -0.509 e. The van der Waals surface area contributed by atoms with Crippen molar-refractivity contribution in [1.82, 2.24) is 9.55 Å². The van der Waals surface area contributed by atoms with Gasteiger partial charge in [-0.25, -0.2) is 9.37 Å². The van der Waals surface area contributed by atoms with Crippen LogP contribution in [0.3, 0.4) is 0 Å². The topological polar surface area (TPSA) is 33.5 Å². The molecular weight excluding hydrogens is 983 g/mol. The molecule has 5 aromatic carbocycles. The summed E-state index contributed by atoms with van der Waals surface area (Å²) in [6, 6.07) is 40.8. The zero-order valence-corrected chi connectivity index (χ0v) is 41.5. The fourth-order valence-corrected chi connectivity index (χ4v) is 12.0. The first-order valence-electron chi connectivity index (χ1n) is 23.5. The van der Waals surface area contributed by atoms with Crippen molar-refractivity contribution in [3.05, 3.63) is 150 Å². The number of benzene rings is 5. The molecule has 4 bridgehead atoms. The van der Waals surface area contributed by atoms with Gasteiger partial charge in [-0.1, -0.05) is 86.0 Å². The third kappa shape index (κ3) is 7.70. The van der Waals surface area contributed by atoms with Crippen LogP contribution in [-0.2, 0) is 42.7 Å². The molecule has 1 aliphatic heterocycles. The minimum absolute atomic E-state index is 0. The second-order valence-electron chi connectivity index (χ2n) is 22.7. The van der Waals surface area contributed by atoms with Crippen molar-refractivity contribution in [3.8, 4) is 17.3 Å². The molecule has 0 spiro atoms. The van der Waals surface area contributed by atoms with Crippen molar-refractivity contribution in [2.75, 3.05) is 9.80 Å². The van der Waals surface area contributed by atoms with Crippen LogP contribution in [0, 0.1) is 42.4 Å². The van der Waals surface area contributed by atoms with Crippen molar-refractivity contribution < 1.29 is 30.2 Å². The molecule has 5 aliphatic rings. The van der Waals surface area contributed by atoms with E-state index in [1.165, 1.54) is 78.3 Å². The molecule has 7 aromatic rings. The van der Waals surface area contributed by atoms with Gasteiger partial charge in [0.2, 0.25) is 0 Å². The molecule has 7 heteroatoms. The normalized spacial score (nSPS) is 21.6. The first-order chi connectivity index (χ1) is 30.4. The van der Waals surface area contributed by atoms with Crippen molar-refractivity contribution >= 4 is 44.6 Å². The van der Waals surface area contributed by atoms with Crippen LogP contribution in [0.25, 0.3) is 27.6 Å². The maximum absolute atomic E-state index is 14.8. The quantitative estimate of drug-likeness (QED) is 0.155. The first-order valence-corrected chi connectivity index (χ1v) is 23.5. The number of anilines is 4. The van der Waals surface area contributed by atoms with Gasteiger partial charge in [-0.2, -0.15) is 12.1 Å². The molecule has 4 aliphatic carbocycles. The number of fused-ring (bicyclic) bond motifs is 4. The van der Waals surface area contributed by atoms with E-state index in [1.54, 1.807) is 6.07 Å². The van der Waals surface area contributed by atoms with Gasteiger partial charge in [0.15, 0.2) is 0 Å². The van der Waals surface area contributed by atoms with Gasteiger partial charge in [0, 0.05) is 61.3 Å². The summed E-state index contributed by atoms with van der Waals surface area (Å²) < 4.78 is 23.6. The Kier molecular flexibility index (Phi) is 10.5. The molecule has 4 saturated carbocycles. The van der Waals surface area contributed by atoms with Gasteiger partial charge < -0.3 is 19.1 Å². The fraction of sp³-hybridized carbons (Fsp3) is 0.379. The second kappa shape index (κ2) is 15.6. The molecule has 0 saturated heterocycles. The van der Waals surface area contributed by atoms with Crippen LogP contribution in [0.15, 0.2) is 103 Å². The molecule has 0 atom stereocenters. The van der Waals surface area contributed by atoms with Crippen LogP contribution >= 0.6 is 0 Å². The summed E-state index contributed by atoms with van der Waals surface area (Å²) >= 11 is 0. The Labute approximate surface area is 399 Å². The fourth-order valence-electron chi connectivity index (χ4n) is 12.0. The molecular formula is C58H60FN4OPt-3. The molecule has 0 amide bonds. The van der Waals surface area contributed by atoms with Gasteiger partial charge in [-0.3, -0.25) is 0 Å². The number of ether oxygens (including phenoxy) is 1. The summed E-state index contributed by atoms with van der Waals surface area (Å²) in [6.45, 7) is 22.8. The molecule has 5 nitrogen and oxygen atoms in total. The number of hydrogen-bond donors (Lipinski definition) is 0. The summed E-state index contributed by atoms with van der Waals surface area (Å²) in [5.74, 6) is 4.10. The summed E-state index contributed by atoms with van der Waals surface area (Å²) in [5, 5.41) is 1.68. The van der Waals surface area contributed by atoms with Crippen LogP contribution < -0.4 is 14.5 Å². The molecule has 0 radical (unpaired) electrons. The largest absolute Gasteiger partial charge is 0.509 e. The minimum atomic E-state index is -0.282. The maximum atomic E-state index is 14.8. The van der Waals surface area contributed by atoms with E-state index in [2.05, 4.69) is 156 Å². The van der Waals surface area contributed by atoms with Gasteiger partial charge in [0.25, 0.3) is 0 Å². The Morgan fingerprint density at radius 3 is 1.97 bits per heavy atom. The smallest absolute Gasteiger partial charge is 0.135 e. The predicted octanol–water partition coefficient (Wildman–Crippen LogP) is 15.5. The SMILES string of the molecule is CC(C)(C)c1cc(N2[CH-]N(c3[c-]c(Oc4[c-]c5c(cc4)c4cc(F)ccc4n5-c4cc(C(C)(C)C)ccn4)ccc3)c3cccc(C45CC6CC(CC(C6)C4)C5)c32)cc(C(C)(C)C)c1.[Pt]. The molecule has 2 aromatic heterocycles. The van der Waals surface area contributed by atoms with Gasteiger partial charge in [-0.05, 0) is 154 Å². The van der Waals surface area contributed by atoms with Crippen molar-refractivity contribution in [2.24, 2.45) is 17.8 Å². The van der Waals surface area contributed by atoms with E-state index in [-0.39, 0.29) is 48.5 Å². The number of para-hydroxylation sites is 1. The third-order valence-corrected chi connectivity index (χ3v) is 15.0. The van der Waals surface area contributed by atoms with E-state index >= 15 is 0 Å². The summed E-state index contributed by atoms with van der Waals surface area (Å²) in [5.41, 5.74) is 11.7. The number of hydrogen-bond acceptors (Lipinski definition) is 4. The van der Waals surface area contributed by atoms with E-state index < -0.39 is 0 Å². The van der Waals surface area contributed by atoms with Gasteiger partial charge in [-0.15, -0.1) is 48.1 Å². The molecule has 0 unspecified atom stereocenters. The van der Waals surface area contributed by atoms with Crippen LogP contribution in [0.1, 0.15) is 123 Å². The molecule has 0 N–H and O–H groups in total. The molecule has 65 heavy (non-hydrogen) atoms. The Hall–Kier alpha value is -4.93. The van der Waals surface area contributed by atoms with Gasteiger partial charge in [0.05, 0.1) is 0 Å². The Morgan fingerprint density at radius 2 is 1.31 bits per heavy atom. The molecule has 12 rings (SSSR count). The predicted molar refractivity (Wildman–Crippen MR) is 260 cm³/mol. The molecule has 4 fully saturated rings. The van der Waals surface area contributed by atoms with Crippen LogP contribution in [0.2, 0.25) is 0 Å². The standard InChI is InChI=1S/C58H60FN4O.Pt/c1-55(2,3)39-20-21-60-53(28-39)63-50-19-16-42(59)29-48(50)47-18-17-46(31-52(47)63)64-45-13-10-12-43(30-45)61-35-62(44-26-40(56(4,5)6)25-41(27-44)57(7,8)9)54-49(14-11-15-51(54)61)58-32-36-22-37(33-58)24-38(23-36)34-58;/h10-21,25-29,35-38H,22-24,32-34H2,1-9H3;/q-3;. The van der Waals surface area contributed by atoms with E-state index in [0.29, 0.717) is 11.5 Å². The van der Waals surface area contributed by atoms with Gasteiger partial charge >= 0.3 is 0 Å². The number of nitrogens with zero attached hydrogens (tertiary/aromatic N) is 4. The summed E-state index contributed by atoms with van der Waals surface area (Å²) in [4.78, 5) is 9.64. The zero-order chi connectivity index (χ0) is 44.5. The van der Waals surface area contributed by atoms with Crippen LogP contribution in [0.4, 0.5) is 27.1 Å². The van der Waals surface area contributed by atoms with E-state index in [9.17, 15) is 4.39 Å². The average molecular weight is 1040 g/mol. The average Bonchev–Trinajstić information content (AvgIpc) is 3.78. The van der Waals surface area contributed by atoms with Crippen molar-refractivity contribution in [2.45, 2.75) is 122 Å². The summed E-state index contributed by atoms with van der Waals surface area (Å²) in [6.07, 6.45) is 9.96. The number of aromatic nitrogens is 2. The summed E-state index contributed by atoms with van der Waals surface area (Å²) in [7, 11) is 0. The van der Waals surface area contributed by atoms with Crippen molar-refractivity contribution in [3.63, 3.8) is 0 Å². The first kappa shape index (κ1) is 43.9. The molecule has 338 valence electrons. The number of pyridine rings is 1. The third-order valence-electron chi connectivity index (χ3n) is 15.0. The van der Waals surface area contributed by atoms with Crippen molar-refractivity contribution in [1.29, 1.82) is 0 Å². The Bertz CT molecular complexity index is 2910. The Morgan fingerprint density at radius 1 is 0.662 bits per heavy atom. The molecule has 3 heterocycles. The number of halogens is 1. The van der Waals surface area contributed by atoms with Gasteiger partial charge in [0.1, 0.15) is 11.6 Å². The zero-order valence-electron chi connectivity index (χ0n) is 39.3. The van der Waals surface area contributed by atoms with E-state index in [1.807, 2.05) is 30.5 Å². The second-order valence-corrected chi connectivity index (χ2v) is 22.7. The van der Waals surface area contributed by atoms with Crippen LogP contribution in [-0.4, -0.2) is 9.55 Å². The Balaban J connectivity index is 0.00000498. The maximum Gasteiger partial charge on any atom is 0.135 e.